The monoisotopic (exact) mass is 435 g/mol. The fourth-order valence-corrected chi connectivity index (χ4v) is 3.98. The van der Waals surface area contributed by atoms with Crippen LogP contribution in [0.5, 0.6) is 0 Å². The van der Waals surface area contributed by atoms with Gasteiger partial charge in [0.05, 0.1) is 6.61 Å². The van der Waals surface area contributed by atoms with Crippen molar-refractivity contribution in [1.82, 2.24) is 5.32 Å². The molecule has 0 aliphatic carbocycles. The van der Waals surface area contributed by atoms with E-state index in [4.69, 9.17) is 18.9 Å². The fourth-order valence-electron chi connectivity index (χ4n) is 3.98. The number of nitrogens with one attached hydrogen (secondary N) is 1. The molecule has 8 heteroatoms. The third kappa shape index (κ3) is 6.49. The highest BCUT2D eigenvalue weighted by Gasteiger charge is 2.51. The number of unbranched alkanes of at least 4 members (excludes halogenated alkanes) is 4. The Hall–Kier alpha value is -2.00. The molecule has 2 heterocycles. The molecule has 2 fully saturated rings. The van der Waals surface area contributed by atoms with Crippen LogP contribution in [-0.4, -0.2) is 54.2 Å². The van der Waals surface area contributed by atoms with Gasteiger partial charge in [-0.2, -0.15) is 0 Å². The summed E-state index contributed by atoms with van der Waals surface area (Å²) < 4.78 is 23.3. The average molecular weight is 436 g/mol. The predicted molar refractivity (Wildman–Crippen MR) is 112 cm³/mol. The van der Waals surface area contributed by atoms with E-state index in [1.54, 1.807) is 0 Å². The second-order valence-corrected chi connectivity index (χ2v) is 8.09. The summed E-state index contributed by atoms with van der Waals surface area (Å²) in [4.78, 5) is 24.3. The molecular formula is C23H33NO7. The molecule has 8 nitrogen and oxygen atoms in total. The summed E-state index contributed by atoms with van der Waals surface area (Å²) in [5.74, 6) is -0.741. The van der Waals surface area contributed by atoms with Gasteiger partial charge in [0.1, 0.15) is 18.2 Å². The van der Waals surface area contributed by atoms with E-state index in [1.807, 2.05) is 30.3 Å². The average Bonchev–Trinajstić information content (AvgIpc) is 2.76. The summed E-state index contributed by atoms with van der Waals surface area (Å²) in [7, 11) is 0. The van der Waals surface area contributed by atoms with Crippen LogP contribution in [0.1, 0.15) is 64.2 Å². The van der Waals surface area contributed by atoms with Crippen LogP contribution >= 0.6 is 0 Å². The van der Waals surface area contributed by atoms with E-state index < -0.39 is 36.9 Å². The number of aliphatic hydroxyl groups is 1. The number of fused-ring (bicyclic) bond motifs is 1. The summed E-state index contributed by atoms with van der Waals surface area (Å²) >= 11 is 0. The van der Waals surface area contributed by atoms with Crippen molar-refractivity contribution in [3.05, 3.63) is 35.9 Å². The number of ether oxygens (including phenoxy) is 4. The number of aliphatic hydroxyl groups excluding tert-OH is 1. The summed E-state index contributed by atoms with van der Waals surface area (Å²) in [6.45, 7) is 3.64. The second-order valence-electron chi connectivity index (χ2n) is 8.09. The molecule has 1 aromatic carbocycles. The zero-order chi connectivity index (χ0) is 22.2. The summed E-state index contributed by atoms with van der Waals surface area (Å²) in [5.41, 5.74) is 0.823. The van der Waals surface area contributed by atoms with Crippen molar-refractivity contribution in [2.45, 2.75) is 89.3 Å². The molecule has 2 saturated heterocycles. The third-order valence-corrected chi connectivity index (χ3v) is 5.55. The van der Waals surface area contributed by atoms with E-state index in [1.165, 1.54) is 6.92 Å². The highest BCUT2D eigenvalue weighted by Crippen LogP contribution is 2.35. The lowest BCUT2D eigenvalue weighted by atomic mass is 9.95. The van der Waals surface area contributed by atoms with Crippen LogP contribution in [0.2, 0.25) is 0 Å². The smallest absolute Gasteiger partial charge is 0.306 e. The summed E-state index contributed by atoms with van der Waals surface area (Å²) in [5, 5.41) is 13.1. The van der Waals surface area contributed by atoms with Crippen LogP contribution in [0.25, 0.3) is 0 Å². The van der Waals surface area contributed by atoms with Crippen LogP contribution in [0, 0.1) is 0 Å². The van der Waals surface area contributed by atoms with E-state index in [2.05, 4.69) is 12.2 Å². The maximum absolute atomic E-state index is 12.6. The molecule has 172 valence electrons. The molecule has 0 aromatic heterocycles. The molecule has 2 aliphatic rings. The van der Waals surface area contributed by atoms with Gasteiger partial charge in [-0.15, -0.1) is 0 Å². The zero-order valence-corrected chi connectivity index (χ0v) is 18.2. The SMILES string of the molecule is CCCCCCCC(=O)O[C@H]1[C@H](NC(C)=O)[C@H](O)O[C@@H]2CO[C@H](c3ccccc3)O[C@@H]12. The normalized spacial score (nSPS) is 30.3. The van der Waals surface area contributed by atoms with Crippen molar-refractivity contribution in [3.8, 4) is 0 Å². The maximum Gasteiger partial charge on any atom is 0.306 e. The highest BCUT2D eigenvalue weighted by molar-refractivity contribution is 5.73. The minimum atomic E-state index is -1.34. The van der Waals surface area contributed by atoms with E-state index in [-0.39, 0.29) is 24.9 Å². The largest absolute Gasteiger partial charge is 0.457 e. The topological polar surface area (TPSA) is 103 Å². The van der Waals surface area contributed by atoms with Gasteiger partial charge in [-0.25, -0.2) is 0 Å². The third-order valence-electron chi connectivity index (χ3n) is 5.55. The molecule has 31 heavy (non-hydrogen) atoms. The summed E-state index contributed by atoms with van der Waals surface area (Å²) in [6, 6.07) is 8.49. The van der Waals surface area contributed by atoms with Gasteiger partial charge < -0.3 is 29.4 Å². The van der Waals surface area contributed by atoms with Crippen molar-refractivity contribution >= 4 is 11.9 Å². The van der Waals surface area contributed by atoms with Gasteiger partial charge in [-0.05, 0) is 6.42 Å². The predicted octanol–water partition coefficient (Wildman–Crippen LogP) is 2.59. The maximum atomic E-state index is 12.6. The fraction of sp³-hybridized carbons (Fsp3) is 0.652. The number of esters is 1. The van der Waals surface area contributed by atoms with Gasteiger partial charge in [0.25, 0.3) is 0 Å². The first-order valence-electron chi connectivity index (χ1n) is 11.1. The summed E-state index contributed by atoms with van der Waals surface area (Å²) in [6.07, 6.45) is 1.13. The molecule has 0 spiro atoms. The van der Waals surface area contributed by atoms with Gasteiger partial charge >= 0.3 is 5.97 Å². The zero-order valence-electron chi connectivity index (χ0n) is 18.2. The first-order valence-corrected chi connectivity index (χ1v) is 11.1. The number of carbonyl (C=O) groups is 2. The first-order chi connectivity index (χ1) is 15.0. The van der Waals surface area contributed by atoms with Gasteiger partial charge in [-0.1, -0.05) is 62.9 Å². The Kier molecular flexibility index (Phi) is 8.83. The van der Waals surface area contributed by atoms with Gasteiger partial charge in [-0.3, -0.25) is 9.59 Å². The van der Waals surface area contributed by atoms with Crippen molar-refractivity contribution in [2.75, 3.05) is 6.61 Å². The van der Waals surface area contributed by atoms with Gasteiger partial charge in [0.2, 0.25) is 5.91 Å². The lowest BCUT2D eigenvalue weighted by molar-refractivity contribution is -0.338. The highest BCUT2D eigenvalue weighted by atomic mass is 16.7. The molecule has 0 saturated carbocycles. The van der Waals surface area contributed by atoms with Crippen LogP contribution < -0.4 is 5.32 Å². The quantitative estimate of drug-likeness (QED) is 0.454. The second kappa shape index (κ2) is 11.6. The van der Waals surface area contributed by atoms with E-state index in [9.17, 15) is 14.7 Å². The molecule has 6 atom stereocenters. The first kappa shape index (κ1) is 23.7. The minimum Gasteiger partial charge on any atom is -0.457 e. The standard InChI is InChI=1S/C23H33NO7/c1-3-4-5-6-10-13-18(26)30-21-19(24-15(2)25)22(27)29-17-14-28-23(31-20(17)21)16-11-8-7-9-12-16/h7-9,11-12,17,19-23,27H,3-6,10,13-14H2,1-2H3,(H,24,25)/t17-,19+,20-,21+,22-,23+/m1/s1. The Morgan fingerprint density at radius 3 is 2.58 bits per heavy atom. The van der Waals surface area contributed by atoms with Crippen LogP contribution in [0.4, 0.5) is 0 Å². The number of benzene rings is 1. The molecule has 2 aliphatic heterocycles. The molecule has 0 radical (unpaired) electrons. The Morgan fingerprint density at radius 1 is 1.13 bits per heavy atom. The molecule has 3 rings (SSSR count). The Balaban J connectivity index is 1.71. The lowest BCUT2D eigenvalue weighted by Gasteiger charge is -2.47. The van der Waals surface area contributed by atoms with Crippen molar-refractivity contribution in [2.24, 2.45) is 0 Å². The van der Waals surface area contributed by atoms with Crippen molar-refractivity contribution < 1.29 is 33.6 Å². The molecule has 1 amide bonds. The van der Waals surface area contributed by atoms with E-state index in [0.29, 0.717) is 0 Å². The van der Waals surface area contributed by atoms with Crippen molar-refractivity contribution in [3.63, 3.8) is 0 Å². The van der Waals surface area contributed by atoms with Gasteiger partial charge in [0, 0.05) is 18.9 Å². The number of hydrogen-bond acceptors (Lipinski definition) is 7. The minimum absolute atomic E-state index is 0.166. The Bertz CT molecular complexity index is 713. The molecule has 2 N–H and O–H groups in total. The molecule has 1 aromatic rings. The van der Waals surface area contributed by atoms with Crippen LogP contribution in [-0.2, 0) is 28.5 Å². The number of rotatable bonds is 9. The molecular weight excluding hydrogens is 402 g/mol. The van der Waals surface area contributed by atoms with E-state index >= 15 is 0 Å². The molecule has 0 unspecified atom stereocenters. The number of hydrogen-bond donors (Lipinski definition) is 2. The van der Waals surface area contributed by atoms with Crippen molar-refractivity contribution in [1.29, 1.82) is 0 Å². The van der Waals surface area contributed by atoms with E-state index in [0.717, 1.165) is 37.7 Å². The number of amides is 1. The van der Waals surface area contributed by atoms with Gasteiger partial charge in [0.15, 0.2) is 18.7 Å². The number of carbonyl (C=O) groups excluding carboxylic acids is 2. The Morgan fingerprint density at radius 2 is 1.87 bits per heavy atom. The van der Waals surface area contributed by atoms with Crippen LogP contribution in [0.15, 0.2) is 30.3 Å². The lowest BCUT2D eigenvalue weighted by Crippen LogP contribution is -2.67. The Labute approximate surface area is 183 Å². The molecule has 0 bridgehead atoms. The van der Waals surface area contributed by atoms with Crippen LogP contribution in [0.3, 0.4) is 0 Å².